The number of carbonyl (C=O) groups is 1. The van der Waals surface area contributed by atoms with Crippen molar-refractivity contribution in [3.63, 3.8) is 0 Å². The highest BCUT2D eigenvalue weighted by molar-refractivity contribution is 5.76. The number of rotatable bonds is 7. The summed E-state index contributed by atoms with van der Waals surface area (Å²) in [5, 5.41) is 0. The second kappa shape index (κ2) is 7.00. The van der Waals surface area contributed by atoms with E-state index in [-0.39, 0.29) is 0 Å². The maximum Gasteiger partial charge on any atom is 0.222 e. The van der Waals surface area contributed by atoms with Gasteiger partial charge in [0.15, 0.2) is 0 Å². The molecule has 3 nitrogen and oxygen atoms in total. The summed E-state index contributed by atoms with van der Waals surface area (Å²) in [5.74, 6) is 0.379. The first-order chi connectivity index (χ1) is 8.17. The number of carbonyl (C=O) groups excluding carboxylic acids is 1. The molecule has 3 heteroatoms. The van der Waals surface area contributed by atoms with Gasteiger partial charge in [-0.25, -0.2) is 0 Å². The second-order valence-corrected chi connectivity index (χ2v) is 5.21. The minimum absolute atomic E-state index is 0.379. The van der Waals surface area contributed by atoms with Crippen LogP contribution in [0.2, 0.25) is 0 Å². The summed E-state index contributed by atoms with van der Waals surface area (Å²) in [5.41, 5.74) is 0. The molecular formula is C14H29N2O+. The topological polar surface area (TPSA) is 20.3 Å². The lowest BCUT2D eigenvalue weighted by atomic mass is 10.2. The average molecular weight is 241 g/mol. The van der Waals surface area contributed by atoms with Gasteiger partial charge in [0.05, 0.1) is 26.2 Å². The van der Waals surface area contributed by atoms with E-state index >= 15 is 0 Å². The molecule has 1 fully saturated rings. The van der Waals surface area contributed by atoms with Crippen LogP contribution in [0.3, 0.4) is 0 Å². The Bertz CT molecular complexity index is 222. The molecule has 0 saturated carbocycles. The third-order valence-corrected chi connectivity index (χ3v) is 4.49. The molecule has 1 heterocycles. The number of quaternary nitrogens is 1. The van der Waals surface area contributed by atoms with E-state index < -0.39 is 0 Å². The van der Waals surface area contributed by atoms with Crippen LogP contribution in [0.5, 0.6) is 0 Å². The molecule has 0 aromatic rings. The van der Waals surface area contributed by atoms with Crippen LogP contribution in [0.25, 0.3) is 0 Å². The molecule has 1 aliphatic heterocycles. The molecule has 1 rings (SSSR count). The molecule has 17 heavy (non-hydrogen) atoms. The fourth-order valence-corrected chi connectivity index (χ4v) is 2.84. The minimum atomic E-state index is 0.379. The lowest BCUT2D eigenvalue weighted by Crippen LogP contribution is -2.48. The van der Waals surface area contributed by atoms with Gasteiger partial charge in [-0.05, 0) is 33.6 Å². The van der Waals surface area contributed by atoms with Gasteiger partial charge in [-0.3, -0.25) is 4.79 Å². The molecule has 1 aliphatic rings. The monoisotopic (exact) mass is 241 g/mol. The molecule has 0 bridgehead atoms. The maximum absolute atomic E-state index is 11.9. The third-order valence-electron chi connectivity index (χ3n) is 4.49. The van der Waals surface area contributed by atoms with Crippen LogP contribution < -0.4 is 0 Å². The summed E-state index contributed by atoms with van der Waals surface area (Å²) in [6, 6.07) is 0. The van der Waals surface area contributed by atoms with E-state index in [9.17, 15) is 4.79 Å². The van der Waals surface area contributed by atoms with Crippen LogP contribution in [-0.4, -0.2) is 54.6 Å². The van der Waals surface area contributed by atoms with Gasteiger partial charge >= 0.3 is 0 Å². The summed E-state index contributed by atoms with van der Waals surface area (Å²) in [4.78, 5) is 14.0. The van der Waals surface area contributed by atoms with Gasteiger partial charge in [0, 0.05) is 25.9 Å². The molecule has 0 aromatic heterocycles. The molecule has 1 amide bonds. The van der Waals surface area contributed by atoms with Crippen LogP contribution in [-0.2, 0) is 4.79 Å². The molecule has 0 unspecified atom stereocenters. The van der Waals surface area contributed by atoms with E-state index in [0.29, 0.717) is 5.91 Å². The fourth-order valence-electron chi connectivity index (χ4n) is 2.84. The Morgan fingerprint density at radius 1 is 1.06 bits per heavy atom. The normalized spacial score (nSPS) is 16.5. The van der Waals surface area contributed by atoms with Crippen molar-refractivity contribution in [3.8, 4) is 0 Å². The van der Waals surface area contributed by atoms with E-state index in [1.807, 2.05) is 4.90 Å². The number of nitrogens with zero attached hydrogens (tertiary/aromatic N) is 2. The highest BCUT2D eigenvalue weighted by Crippen LogP contribution is 2.12. The maximum atomic E-state index is 11.9. The Hall–Kier alpha value is -0.570. The van der Waals surface area contributed by atoms with Crippen LogP contribution in [0.1, 0.15) is 46.5 Å². The van der Waals surface area contributed by atoms with Crippen LogP contribution in [0.15, 0.2) is 0 Å². The summed E-state index contributed by atoms with van der Waals surface area (Å²) in [7, 11) is 0. The zero-order chi connectivity index (χ0) is 12.7. The van der Waals surface area contributed by atoms with E-state index in [0.717, 1.165) is 37.0 Å². The quantitative estimate of drug-likeness (QED) is 0.626. The summed E-state index contributed by atoms with van der Waals surface area (Å²) < 4.78 is 1.16. The van der Waals surface area contributed by atoms with Crippen molar-refractivity contribution in [3.05, 3.63) is 0 Å². The molecule has 0 spiro atoms. The van der Waals surface area contributed by atoms with Crippen LogP contribution >= 0.6 is 0 Å². The second-order valence-electron chi connectivity index (χ2n) is 5.21. The van der Waals surface area contributed by atoms with E-state index in [4.69, 9.17) is 0 Å². The van der Waals surface area contributed by atoms with E-state index in [1.54, 1.807) is 0 Å². The molecule has 0 atom stereocenters. The summed E-state index contributed by atoms with van der Waals surface area (Å²) in [6.07, 6.45) is 4.19. The molecular weight excluding hydrogens is 212 g/mol. The van der Waals surface area contributed by atoms with Crippen molar-refractivity contribution in [2.45, 2.75) is 46.5 Å². The predicted molar refractivity (Wildman–Crippen MR) is 71.8 cm³/mol. The SMILES string of the molecule is CC[N+](CC)(CC)CCCC(=O)N1CCCC1. The van der Waals surface area contributed by atoms with Crippen molar-refractivity contribution < 1.29 is 9.28 Å². The van der Waals surface area contributed by atoms with Gasteiger partial charge in [-0.15, -0.1) is 0 Å². The zero-order valence-electron chi connectivity index (χ0n) is 11.9. The highest BCUT2D eigenvalue weighted by atomic mass is 16.2. The third kappa shape index (κ3) is 3.98. The van der Waals surface area contributed by atoms with Gasteiger partial charge in [-0.1, -0.05) is 0 Å². The van der Waals surface area contributed by atoms with Crippen molar-refractivity contribution in [1.29, 1.82) is 0 Å². The Morgan fingerprint density at radius 3 is 2.06 bits per heavy atom. The van der Waals surface area contributed by atoms with Gasteiger partial charge in [0.1, 0.15) is 0 Å². The predicted octanol–water partition coefficient (Wildman–Crippen LogP) is 2.27. The standard InChI is InChI=1S/C14H29N2O/c1-4-16(5-2,6-3)13-9-10-14(17)15-11-7-8-12-15/h4-13H2,1-3H3/q+1. The van der Waals surface area contributed by atoms with Gasteiger partial charge in [0.2, 0.25) is 5.91 Å². The molecule has 1 saturated heterocycles. The lowest BCUT2D eigenvalue weighted by molar-refractivity contribution is -0.923. The van der Waals surface area contributed by atoms with Crippen molar-refractivity contribution >= 4 is 5.91 Å². The van der Waals surface area contributed by atoms with Crippen LogP contribution in [0.4, 0.5) is 0 Å². The van der Waals surface area contributed by atoms with Gasteiger partial charge in [-0.2, -0.15) is 0 Å². The van der Waals surface area contributed by atoms with Crippen molar-refractivity contribution in [1.82, 2.24) is 4.90 Å². The minimum Gasteiger partial charge on any atom is -0.343 e. The Balaban J connectivity index is 2.28. The fraction of sp³-hybridized carbons (Fsp3) is 0.929. The highest BCUT2D eigenvalue weighted by Gasteiger charge is 2.22. The number of likely N-dealkylation sites (tertiary alicyclic amines) is 1. The largest absolute Gasteiger partial charge is 0.343 e. The average Bonchev–Trinajstić information content (AvgIpc) is 2.89. The Morgan fingerprint density at radius 2 is 1.59 bits per heavy atom. The van der Waals surface area contributed by atoms with Gasteiger partial charge < -0.3 is 9.38 Å². The zero-order valence-corrected chi connectivity index (χ0v) is 11.9. The van der Waals surface area contributed by atoms with Crippen molar-refractivity contribution in [2.75, 3.05) is 39.3 Å². The number of amides is 1. The van der Waals surface area contributed by atoms with E-state index in [1.165, 1.54) is 32.5 Å². The number of hydrogen-bond acceptors (Lipinski definition) is 1. The molecule has 100 valence electrons. The molecule has 0 aliphatic carbocycles. The Labute approximate surface area is 106 Å². The smallest absolute Gasteiger partial charge is 0.222 e. The molecule has 0 aromatic carbocycles. The molecule has 0 radical (unpaired) electrons. The lowest BCUT2D eigenvalue weighted by Gasteiger charge is -2.35. The summed E-state index contributed by atoms with van der Waals surface area (Å²) in [6.45, 7) is 13.5. The first kappa shape index (κ1) is 14.5. The van der Waals surface area contributed by atoms with Crippen LogP contribution in [0, 0.1) is 0 Å². The van der Waals surface area contributed by atoms with E-state index in [2.05, 4.69) is 20.8 Å². The first-order valence-corrected chi connectivity index (χ1v) is 7.30. The molecule has 0 N–H and O–H groups in total. The van der Waals surface area contributed by atoms with Crippen molar-refractivity contribution in [2.24, 2.45) is 0 Å². The Kier molecular flexibility index (Phi) is 5.96. The number of hydrogen-bond donors (Lipinski definition) is 0. The first-order valence-electron chi connectivity index (χ1n) is 7.30. The van der Waals surface area contributed by atoms with Gasteiger partial charge in [0.25, 0.3) is 0 Å². The summed E-state index contributed by atoms with van der Waals surface area (Å²) >= 11 is 0.